The molecule has 0 radical (unpaired) electrons. The summed E-state index contributed by atoms with van der Waals surface area (Å²) in [4.78, 5) is 0.105. The summed E-state index contributed by atoms with van der Waals surface area (Å²) in [5, 5.41) is 8.90. The zero-order chi connectivity index (χ0) is 16.3. The number of hydrogen-bond acceptors (Lipinski definition) is 5. The van der Waals surface area contributed by atoms with Gasteiger partial charge in [0.1, 0.15) is 10.6 Å². The highest BCUT2D eigenvalue weighted by Crippen LogP contribution is 2.30. The minimum atomic E-state index is -3.62. The van der Waals surface area contributed by atoms with E-state index < -0.39 is 10.0 Å². The summed E-state index contributed by atoms with van der Waals surface area (Å²) in [7, 11) is -2.22. The van der Waals surface area contributed by atoms with Gasteiger partial charge in [-0.2, -0.15) is 9.57 Å². The molecule has 1 saturated heterocycles. The van der Waals surface area contributed by atoms with Crippen LogP contribution in [0, 0.1) is 17.2 Å². The van der Waals surface area contributed by atoms with Gasteiger partial charge in [0.25, 0.3) is 0 Å². The monoisotopic (exact) mass is 359 g/mol. The van der Waals surface area contributed by atoms with Gasteiger partial charge in [0.15, 0.2) is 0 Å². The van der Waals surface area contributed by atoms with Gasteiger partial charge < -0.3 is 10.5 Å². The summed E-state index contributed by atoms with van der Waals surface area (Å²) in [5.74, 6) is 0.558. The molecular weight excluding hydrogens is 338 g/mol. The minimum absolute atomic E-state index is 0. The number of nitrogens with zero attached hydrogens (tertiary/aromatic N) is 2. The summed E-state index contributed by atoms with van der Waals surface area (Å²) in [6.07, 6.45) is 1.52. The van der Waals surface area contributed by atoms with E-state index in [0.29, 0.717) is 24.6 Å². The quantitative estimate of drug-likeness (QED) is 0.883. The van der Waals surface area contributed by atoms with Crippen molar-refractivity contribution in [2.24, 2.45) is 11.7 Å². The van der Waals surface area contributed by atoms with Crippen molar-refractivity contribution in [1.29, 1.82) is 5.26 Å². The number of hydrogen-bond donors (Lipinski definition) is 1. The average molecular weight is 360 g/mol. The first-order valence-electron chi connectivity index (χ1n) is 7.24. The standard InChI is InChI=1S/C15H21N3O3S.ClH/c1-11(17)13-5-7-18(8-6-13)22(19,20)15-4-3-12(10-16)9-14(15)21-2;/h3-4,9,11,13H,5-8,17H2,1-2H3;1H. The minimum Gasteiger partial charge on any atom is -0.495 e. The van der Waals surface area contributed by atoms with Crippen molar-refractivity contribution in [1.82, 2.24) is 4.31 Å². The van der Waals surface area contributed by atoms with E-state index in [2.05, 4.69) is 0 Å². The van der Waals surface area contributed by atoms with Crippen LogP contribution in [0.15, 0.2) is 23.1 Å². The lowest BCUT2D eigenvalue weighted by atomic mass is 9.92. The summed E-state index contributed by atoms with van der Waals surface area (Å²) in [5.41, 5.74) is 6.26. The van der Waals surface area contributed by atoms with Gasteiger partial charge >= 0.3 is 0 Å². The number of methoxy groups -OCH3 is 1. The van der Waals surface area contributed by atoms with Gasteiger partial charge in [0, 0.05) is 19.1 Å². The van der Waals surface area contributed by atoms with E-state index >= 15 is 0 Å². The molecule has 2 N–H and O–H groups in total. The van der Waals surface area contributed by atoms with E-state index in [1.807, 2.05) is 13.0 Å². The topological polar surface area (TPSA) is 96.4 Å². The van der Waals surface area contributed by atoms with Crippen LogP contribution < -0.4 is 10.5 Å². The molecule has 8 heteroatoms. The van der Waals surface area contributed by atoms with Crippen molar-refractivity contribution >= 4 is 22.4 Å². The van der Waals surface area contributed by atoms with Gasteiger partial charge in [-0.15, -0.1) is 12.4 Å². The highest BCUT2D eigenvalue weighted by atomic mass is 35.5. The molecule has 0 amide bonds. The maximum atomic E-state index is 12.8. The Labute approximate surface area is 143 Å². The van der Waals surface area contributed by atoms with Gasteiger partial charge in [-0.25, -0.2) is 8.42 Å². The molecule has 1 aromatic carbocycles. The molecule has 1 heterocycles. The van der Waals surface area contributed by atoms with Crippen molar-refractivity contribution < 1.29 is 13.2 Å². The summed E-state index contributed by atoms with van der Waals surface area (Å²) in [6.45, 7) is 2.87. The second kappa shape index (κ2) is 7.97. The Morgan fingerprint density at radius 3 is 2.48 bits per heavy atom. The lowest BCUT2D eigenvalue weighted by Crippen LogP contribution is -2.42. The molecule has 128 valence electrons. The molecular formula is C15H22ClN3O3S. The highest BCUT2D eigenvalue weighted by Gasteiger charge is 2.32. The van der Waals surface area contributed by atoms with E-state index in [9.17, 15) is 8.42 Å². The second-order valence-electron chi connectivity index (χ2n) is 5.58. The van der Waals surface area contributed by atoms with E-state index in [0.717, 1.165) is 12.8 Å². The molecule has 0 spiro atoms. The number of rotatable bonds is 4. The fraction of sp³-hybridized carbons (Fsp3) is 0.533. The predicted molar refractivity (Wildman–Crippen MR) is 90.1 cm³/mol. The molecule has 23 heavy (non-hydrogen) atoms. The van der Waals surface area contributed by atoms with E-state index in [1.54, 1.807) is 0 Å². The Kier molecular flexibility index (Phi) is 6.84. The van der Waals surface area contributed by atoms with Crippen molar-refractivity contribution in [3.63, 3.8) is 0 Å². The van der Waals surface area contributed by atoms with Gasteiger partial charge in [-0.1, -0.05) is 0 Å². The third-order valence-corrected chi connectivity index (χ3v) is 6.09. The summed E-state index contributed by atoms with van der Waals surface area (Å²) < 4.78 is 32.2. The van der Waals surface area contributed by atoms with E-state index in [1.165, 1.54) is 29.6 Å². The number of sulfonamides is 1. The Morgan fingerprint density at radius 1 is 1.39 bits per heavy atom. The number of piperidine rings is 1. The molecule has 0 saturated carbocycles. The molecule has 0 bridgehead atoms. The van der Waals surface area contributed by atoms with Crippen molar-refractivity contribution in [2.45, 2.75) is 30.7 Å². The lowest BCUT2D eigenvalue weighted by Gasteiger charge is -2.33. The van der Waals surface area contributed by atoms with Crippen LogP contribution in [-0.4, -0.2) is 39.0 Å². The van der Waals surface area contributed by atoms with Crippen LogP contribution in [0.1, 0.15) is 25.3 Å². The van der Waals surface area contributed by atoms with Crippen molar-refractivity contribution in [2.75, 3.05) is 20.2 Å². The Hall–Kier alpha value is -1.33. The number of ether oxygens (including phenoxy) is 1. The molecule has 6 nitrogen and oxygen atoms in total. The predicted octanol–water partition coefficient (Wildman–Crippen LogP) is 1.74. The van der Waals surface area contributed by atoms with Crippen LogP contribution in [0.5, 0.6) is 5.75 Å². The van der Waals surface area contributed by atoms with Gasteiger partial charge in [0.05, 0.1) is 18.7 Å². The van der Waals surface area contributed by atoms with Crippen LogP contribution in [0.3, 0.4) is 0 Å². The molecule has 2 rings (SSSR count). The summed E-state index contributed by atoms with van der Waals surface area (Å²) in [6, 6.07) is 6.42. The number of benzene rings is 1. The largest absolute Gasteiger partial charge is 0.495 e. The Balaban J connectivity index is 0.00000264. The lowest BCUT2D eigenvalue weighted by molar-refractivity contribution is 0.250. The Bertz CT molecular complexity index is 678. The zero-order valence-electron chi connectivity index (χ0n) is 13.2. The van der Waals surface area contributed by atoms with Gasteiger partial charge in [-0.3, -0.25) is 0 Å². The van der Waals surface area contributed by atoms with Crippen LogP contribution >= 0.6 is 12.4 Å². The van der Waals surface area contributed by atoms with Gasteiger partial charge in [-0.05, 0) is 43.9 Å². The van der Waals surface area contributed by atoms with Crippen LogP contribution in [0.2, 0.25) is 0 Å². The third-order valence-electron chi connectivity index (χ3n) is 4.15. The van der Waals surface area contributed by atoms with E-state index in [-0.39, 0.29) is 29.1 Å². The maximum Gasteiger partial charge on any atom is 0.246 e. The third kappa shape index (κ3) is 4.15. The molecule has 1 aromatic rings. The molecule has 0 aromatic heterocycles. The first kappa shape index (κ1) is 19.7. The number of halogens is 1. The maximum absolute atomic E-state index is 12.8. The smallest absolute Gasteiger partial charge is 0.246 e. The molecule has 1 aliphatic rings. The molecule has 0 aliphatic carbocycles. The van der Waals surface area contributed by atoms with Crippen LogP contribution in [0.4, 0.5) is 0 Å². The highest BCUT2D eigenvalue weighted by molar-refractivity contribution is 7.89. The molecule has 1 unspecified atom stereocenters. The SMILES string of the molecule is COc1cc(C#N)ccc1S(=O)(=O)N1CCC(C(C)N)CC1.Cl. The molecule has 1 fully saturated rings. The normalized spacial score (nSPS) is 17.8. The van der Waals surface area contributed by atoms with Crippen molar-refractivity contribution in [3.05, 3.63) is 23.8 Å². The zero-order valence-corrected chi connectivity index (χ0v) is 14.9. The van der Waals surface area contributed by atoms with E-state index in [4.69, 9.17) is 15.7 Å². The van der Waals surface area contributed by atoms with Crippen LogP contribution in [-0.2, 0) is 10.0 Å². The fourth-order valence-electron chi connectivity index (χ4n) is 2.73. The molecule has 1 aliphatic heterocycles. The molecule has 1 atom stereocenters. The summed E-state index contributed by atoms with van der Waals surface area (Å²) >= 11 is 0. The number of nitriles is 1. The Morgan fingerprint density at radius 2 is 2.00 bits per heavy atom. The number of nitrogens with two attached hydrogens (primary N) is 1. The van der Waals surface area contributed by atoms with Gasteiger partial charge in [0.2, 0.25) is 10.0 Å². The van der Waals surface area contributed by atoms with Crippen molar-refractivity contribution in [3.8, 4) is 11.8 Å². The second-order valence-corrected chi connectivity index (χ2v) is 7.48. The van der Waals surface area contributed by atoms with Crippen LogP contribution in [0.25, 0.3) is 0 Å². The first-order valence-corrected chi connectivity index (χ1v) is 8.68. The first-order chi connectivity index (χ1) is 10.4. The average Bonchev–Trinajstić information content (AvgIpc) is 2.54. The fourth-order valence-corrected chi connectivity index (χ4v) is 4.34.